The van der Waals surface area contributed by atoms with Crippen molar-refractivity contribution in [2.75, 3.05) is 28.9 Å². The normalized spacial score (nSPS) is 29.0. The molecule has 1 aromatic heterocycles. The van der Waals surface area contributed by atoms with E-state index in [0.29, 0.717) is 11.5 Å². The summed E-state index contributed by atoms with van der Waals surface area (Å²) in [7, 11) is 0. The number of fused-ring (bicyclic) bond motifs is 1. The predicted molar refractivity (Wildman–Crippen MR) is 82.5 cm³/mol. The van der Waals surface area contributed by atoms with Crippen molar-refractivity contribution in [1.29, 1.82) is 0 Å². The number of rotatable bonds is 4. The van der Waals surface area contributed by atoms with Crippen LogP contribution in [0.25, 0.3) is 0 Å². The Hall–Kier alpha value is -2.21. The van der Waals surface area contributed by atoms with Crippen molar-refractivity contribution in [3.8, 4) is 0 Å². The summed E-state index contributed by atoms with van der Waals surface area (Å²) in [6, 6.07) is 0. The molecular weight excluding hydrogens is 320 g/mol. The van der Waals surface area contributed by atoms with Gasteiger partial charge in [-0.05, 0) is 0 Å². The molecule has 0 saturated carbocycles. The molecule has 3 heterocycles. The number of ether oxygens (including phenoxy) is 1. The van der Waals surface area contributed by atoms with E-state index in [0.717, 1.165) is 0 Å². The van der Waals surface area contributed by atoms with Crippen LogP contribution in [0.5, 0.6) is 0 Å². The summed E-state index contributed by atoms with van der Waals surface area (Å²) < 4.78 is 5.53. The molecule has 0 radical (unpaired) electrons. The highest BCUT2D eigenvalue weighted by molar-refractivity contribution is 5.85. The highest BCUT2D eigenvalue weighted by Gasteiger charge is 2.48. The van der Waals surface area contributed by atoms with Crippen LogP contribution in [0.3, 0.4) is 0 Å². The van der Waals surface area contributed by atoms with Gasteiger partial charge < -0.3 is 30.7 Å². The van der Waals surface area contributed by atoms with E-state index in [-0.39, 0.29) is 24.8 Å². The molecule has 6 N–H and O–H groups in total. The number of carbonyl (C=O) groups is 1. The lowest BCUT2D eigenvalue weighted by atomic mass is 10.1. The third-order valence-corrected chi connectivity index (χ3v) is 4.07. The number of anilines is 3. The number of nitrogens with one attached hydrogen (secondary N) is 1. The van der Waals surface area contributed by atoms with E-state index in [4.69, 9.17) is 10.5 Å². The number of aromatic nitrogens is 2. The molecule has 132 valence electrons. The lowest BCUT2D eigenvalue weighted by molar-refractivity contribution is -0.120. The fraction of sp³-hybridized carbons (Fsp3) is 0.615. The SMILES string of the molecule is CCC(=O)NN1CN([C@@H]2O[C@H](CO)C(O)C2O)c2ncnc(N)c21. The zero-order chi connectivity index (χ0) is 17.4. The molecular formula is C13H20N6O5. The van der Waals surface area contributed by atoms with Gasteiger partial charge in [-0.15, -0.1) is 0 Å². The van der Waals surface area contributed by atoms with Crippen LogP contribution in [0, 0.1) is 0 Å². The van der Waals surface area contributed by atoms with Crippen molar-refractivity contribution in [1.82, 2.24) is 15.4 Å². The number of nitrogens with two attached hydrogens (primary N) is 1. The summed E-state index contributed by atoms with van der Waals surface area (Å²) in [6.45, 7) is 1.37. The van der Waals surface area contributed by atoms with Crippen molar-refractivity contribution in [2.24, 2.45) is 0 Å². The molecule has 11 heteroatoms. The maximum Gasteiger partial charge on any atom is 0.238 e. The molecule has 0 spiro atoms. The Labute approximate surface area is 137 Å². The zero-order valence-electron chi connectivity index (χ0n) is 13.0. The molecule has 0 aromatic carbocycles. The van der Waals surface area contributed by atoms with Crippen molar-refractivity contribution >= 4 is 23.2 Å². The number of hydrazine groups is 1. The molecule has 1 aromatic rings. The number of hydrogen-bond acceptors (Lipinski definition) is 10. The first-order chi connectivity index (χ1) is 11.5. The van der Waals surface area contributed by atoms with Crippen LogP contribution in [0.1, 0.15) is 13.3 Å². The largest absolute Gasteiger partial charge is 0.394 e. The second-order valence-corrected chi connectivity index (χ2v) is 5.59. The highest BCUT2D eigenvalue weighted by atomic mass is 16.6. The second-order valence-electron chi connectivity index (χ2n) is 5.59. The van der Waals surface area contributed by atoms with E-state index < -0.39 is 31.1 Å². The fourth-order valence-electron chi connectivity index (χ4n) is 2.80. The molecule has 1 amide bonds. The van der Waals surface area contributed by atoms with Crippen molar-refractivity contribution in [2.45, 2.75) is 37.9 Å². The first kappa shape index (κ1) is 16.6. The number of nitrogen functional groups attached to an aromatic ring is 1. The molecule has 2 aliphatic heterocycles. The van der Waals surface area contributed by atoms with Gasteiger partial charge in [-0.3, -0.25) is 15.2 Å². The van der Waals surface area contributed by atoms with Crippen LogP contribution in [0.15, 0.2) is 6.33 Å². The quantitative estimate of drug-likeness (QED) is 0.397. The van der Waals surface area contributed by atoms with Gasteiger partial charge in [-0.1, -0.05) is 6.92 Å². The molecule has 1 saturated heterocycles. The van der Waals surface area contributed by atoms with Crippen LogP contribution >= 0.6 is 0 Å². The third kappa shape index (κ3) is 2.60. The number of nitrogens with zero attached hydrogens (tertiary/aromatic N) is 4. The van der Waals surface area contributed by atoms with Gasteiger partial charge in [0.05, 0.1) is 6.61 Å². The van der Waals surface area contributed by atoms with Gasteiger partial charge in [-0.25, -0.2) is 9.97 Å². The van der Waals surface area contributed by atoms with Gasteiger partial charge in [0, 0.05) is 6.42 Å². The van der Waals surface area contributed by atoms with E-state index in [1.807, 2.05) is 0 Å². The van der Waals surface area contributed by atoms with Crippen molar-refractivity contribution < 1.29 is 24.9 Å². The summed E-state index contributed by atoms with van der Waals surface area (Å²) in [5.41, 5.74) is 8.95. The summed E-state index contributed by atoms with van der Waals surface area (Å²) in [5.74, 6) is 0.284. The van der Waals surface area contributed by atoms with E-state index >= 15 is 0 Å². The topological polar surface area (TPSA) is 157 Å². The smallest absolute Gasteiger partial charge is 0.238 e. The summed E-state index contributed by atoms with van der Waals surface area (Å²) in [5, 5.41) is 30.9. The summed E-state index contributed by atoms with van der Waals surface area (Å²) in [4.78, 5) is 21.3. The van der Waals surface area contributed by atoms with Gasteiger partial charge in [0.15, 0.2) is 17.9 Å². The maximum atomic E-state index is 11.7. The average molecular weight is 340 g/mol. The Morgan fingerprint density at radius 2 is 2.21 bits per heavy atom. The molecule has 0 aliphatic carbocycles. The highest BCUT2D eigenvalue weighted by Crippen LogP contribution is 2.40. The third-order valence-electron chi connectivity index (χ3n) is 4.07. The standard InChI is InChI=1S/C13H20N6O5/c1-2-7(21)17-19-5-18(12-8(19)11(14)15-4-16-12)13-10(23)9(22)6(3-20)24-13/h4,6,9-10,13,20,22-23H,2-3,5H2,1H3,(H,17,21)(H2,14,15,16)/t6-,9?,10?,13-/m1/s1. The minimum Gasteiger partial charge on any atom is -0.394 e. The van der Waals surface area contributed by atoms with Crippen LogP contribution in [-0.4, -0.2) is 69.0 Å². The summed E-state index contributed by atoms with van der Waals surface area (Å²) >= 11 is 0. The van der Waals surface area contributed by atoms with Crippen LogP contribution < -0.4 is 21.1 Å². The monoisotopic (exact) mass is 340 g/mol. The average Bonchev–Trinajstić information content (AvgIpc) is 3.07. The van der Waals surface area contributed by atoms with Crippen LogP contribution in [0.4, 0.5) is 17.3 Å². The van der Waals surface area contributed by atoms with E-state index in [2.05, 4.69) is 15.4 Å². The molecule has 24 heavy (non-hydrogen) atoms. The van der Waals surface area contributed by atoms with Crippen LogP contribution in [0.2, 0.25) is 0 Å². The maximum absolute atomic E-state index is 11.7. The van der Waals surface area contributed by atoms with Gasteiger partial charge in [-0.2, -0.15) is 0 Å². The lowest BCUT2D eigenvalue weighted by Gasteiger charge is -2.28. The molecule has 1 fully saturated rings. The van der Waals surface area contributed by atoms with E-state index in [9.17, 15) is 20.1 Å². The van der Waals surface area contributed by atoms with E-state index in [1.54, 1.807) is 11.8 Å². The Morgan fingerprint density at radius 3 is 2.83 bits per heavy atom. The van der Waals surface area contributed by atoms with E-state index in [1.165, 1.54) is 11.3 Å². The Bertz CT molecular complexity index is 631. The minimum atomic E-state index is -1.26. The Morgan fingerprint density at radius 1 is 1.46 bits per heavy atom. The molecule has 0 bridgehead atoms. The number of amides is 1. The second kappa shape index (κ2) is 6.36. The number of carbonyl (C=O) groups excluding carboxylic acids is 1. The number of aliphatic hydroxyl groups excluding tert-OH is 3. The first-order valence-electron chi connectivity index (χ1n) is 7.54. The van der Waals surface area contributed by atoms with Crippen LogP contribution in [-0.2, 0) is 9.53 Å². The lowest BCUT2D eigenvalue weighted by Crippen LogP contribution is -2.50. The Balaban J connectivity index is 1.91. The number of aliphatic hydroxyl groups is 3. The van der Waals surface area contributed by atoms with Crippen molar-refractivity contribution in [3.63, 3.8) is 0 Å². The van der Waals surface area contributed by atoms with Gasteiger partial charge >= 0.3 is 0 Å². The van der Waals surface area contributed by atoms with Gasteiger partial charge in [0.25, 0.3) is 0 Å². The predicted octanol–water partition coefficient (Wildman–Crippen LogP) is -2.48. The molecule has 2 unspecified atom stereocenters. The van der Waals surface area contributed by atoms with Gasteiger partial charge in [0.1, 0.15) is 37.0 Å². The van der Waals surface area contributed by atoms with Crippen molar-refractivity contribution in [3.05, 3.63) is 6.33 Å². The molecule has 3 rings (SSSR count). The summed E-state index contributed by atoms with van der Waals surface area (Å²) in [6.07, 6.45) is -2.82. The number of hydrogen-bond donors (Lipinski definition) is 5. The molecule has 2 aliphatic rings. The minimum absolute atomic E-state index is 0.0938. The fourth-order valence-corrected chi connectivity index (χ4v) is 2.80. The first-order valence-corrected chi connectivity index (χ1v) is 7.54. The zero-order valence-corrected chi connectivity index (χ0v) is 13.0. The molecule has 4 atom stereocenters. The molecule has 11 nitrogen and oxygen atoms in total. The Kier molecular flexibility index (Phi) is 4.41. The van der Waals surface area contributed by atoms with Gasteiger partial charge in [0.2, 0.25) is 5.91 Å².